The third-order valence-electron chi connectivity index (χ3n) is 4.45. The smallest absolute Gasteiger partial charge is 0.255 e. The molecule has 0 bridgehead atoms. The molecule has 0 fully saturated rings. The van der Waals surface area contributed by atoms with E-state index in [9.17, 15) is 13.2 Å². The summed E-state index contributed by atoms with van der Waals surface area (Å²) in [7, 11) is -3.60. The van der Waals surface area contributed by atoms with Crippen LogP contribution in [-0.2, 0) is 15.4 Å². The molecule has 0 heterocycles. The van der Waals surface area contributed by atoms with Crippen LogP contribution in [0.15, 0.2) is 53.4 Å². The van der Waals surface area contributed by atoms with Gasteiger partial charge >= 0.3 is 0 Å². The van der Waals surface area contributed by atoms with Gasteiger partial charge in [-0.25, -0.2) is 8.42 Å². The summed E-state index contributed by atoms with van der Waals surface area (Å²) < 4.78 is 26.7. The Morgan fingerprint density at radius 2 is 1.59 bits per heavy atom. The monoisotopic (exact) mass is 388 g/mol. The van der Waals surface area contributed by atoms with Crippen molar-refractivity contribution in [3.8, 4) is 0 Å². The number of benzene rings is 2. The second kappa shape index (κ2) is 8.23. The second-order valence-corrected chi connectivity index (χ2v) is 9.34. The van der Waals surface area contributed by atoms with Crippen molar-refractivity contribution >= 4 is 21.6 Å². The minimum atomic E-state index is -3.60. The van der Waals surface area contributed by atoms with E-state index >= 15 is 0 Å². The van der Waals surface area contributed by atoms with Crippen molar-refractivity contribution in [2.45, 2.75) is 44.9 Å². The molecule has 5 nitrogen and oxygen atoms in total. The number of nitrogens with zero attached hydrogens (tertiary/aromatic N) is 1. The van der Waals surface area contributed by atoms with E-state index in [-0.39, 0.29) is 16.2 Å². The van der Waals surface area contributed by atoms with Gasteiger partial charge in [0, 0.05) is 24.3 Å². The van der Waals surface area contributed by atoms with E-state index in [0.29, 0.717) is 24.3 Å². The molecule has 0 aromatic heterocycles. The van der Waals surface area contributed by atoms with Crippen molar-refractivity contribution in [2.75, 3.05) is 18.4 Å². The highest BCUT2D eigenvalue weighted by atomic mass is 32.2. The largest absolute Gasteiger partial charge is 0.322 e. The van der Waals surface area contributed by atoms with Crippen LogP contribution in [0.25, 0.3) is 0 Å². The van der Waals surface area contributed by atoms with Gasteiger partial charge in [-0.15, -0.1) is 0 Å². The minimum Gasteiger partial charge on any atom is -0.322 e. The Bertz CT molecular complexity index is 894. The van der Waals surface area contributed by atoms with Gasteiger partial charge < -0.3 is 5.32 Å². The molecule has 1 N–H and O–H groups in total. The van der Waals surface area contributed by atoms with Crippen molar-refractivity contribution < 1.29 is 13.2 Å². The van der Waals surface area contributed by atoms with Crippen LogP contribution in [0.4, 0.5) is 5.69 Å². The van der Waals surface area contributed by atoms with Crippen molar-refractivity contribution in [3.05, 3.63) is 59.7 Å². The van der Waals surface area contributed by atoms with Crippen molar-refractivity contribution in [1.82, 2.24) is 4.31 Å². The van der Waals surface area contributed by atoms with Gasteiger partial charge in [-0.05, 0) is 41.3 Å². The molecule has 0 aliphatic heterocycles. The molecule has 0 saturated heterocycles. The molecule has 2 aromatic rings. The number of hydrogen-bond donors (Lipinski definition) is 1. The van der Waals surface area contributed by atoms with E-state index in [1.54, 1.807) is 26.0 Å². The first-order valence-corrected chi connectivity index (χ1v) is 10.6. The number of amides is 1. The molecule has 2 aromatic carbocycles. The summed E-state index contributed by atoms with van der Waals surface area (Å²) in [6.45, 7) is 10.7. The molecule has 0 radical (unpaired) electrons. The first-order valence-electron chi connectivity index (χ1n) is 9.11. The zero-order valence-electron chi connectivity index (χ0n) is 16.6. The minimum absolute atomic E-state index is 0.0374. The Kier molecular flexibility index (Phi) is 6.44. The fraction of sp³-hybridized carbons (Fsp3) is 0.381. The predicted octanol–water partition coefficient (Wildman–Crippen LogP) is 4.27. The van der Waals surface area contributed by atoms with E-state index in [0.717, 1.165) is 0 Å². The highest BCUT2D eigenvalue weighted by Crippen LogP contribution is 2.24. The SMILES string of the molecule is CCN(CC)S(=O)(=O)c1cccc(C(=O)Nc2ccc(C(C)(C)C)cc2)c1. The summed E-state index contributed by atoms with van der Waals surface area (Å²) >= 11 is 0. The van der Waals surface area contributed by atoms with Crippen LogP contribution in [-0.4, -0.2) is 31.7 Å². The quantitative estimate of drug-likeness (QED) is 0.804. The Balaban J connectivity index is 2.23. The summed E-state index contributed by atoms with van der Waals surface area (Å²) in [5, 5.41) is 2.83. The fourth-order valence-corrected chi connectivity index (χ4v) is 4.27. The maximum Gasteiger partial charge on any atom is 0.255 e. The Hall–Kier alpha value is -2.18. The summed E-state index contributed by atoms with van der Waals surface area (Å²) in [4.78, 5) is 12.7. The summed E-state index contributed by atoms with van der Waals surface area (Å²) in [5.41, 5.74) is 2.19. The Labute approximate surface area is 162 Å². The van der Waals surface area contributed by atoms with Crippen LogP contribution in [0.2, 0.25) is 0 Å². The van der Waals surface area contributed by atoms with Crippen LogP contribution in [0.3, 0.4) is 0 Å². The van der Waals surface area contributed by atoms with Crippen molar-refractivity contribution in [3.63, 3.8) is 0 Å². The van der Waals surface area contributed by atoms with Gasteiger partial charge in [0.25, 0.3) is 5.91 Å². The molecule has 0 atom stereocenters. The van der Waals surface area contributed by atoms with Crippen molar-refractivity contribution in [2.24, 2.45) is 0 Å². The molecule has 0 aliphatic rings. The molecular weight excluding hydrogens is 360 g/mol. The first kappa shape index (κ1) is 21.1. The number of sulfonamides is 1. The molecule has 1 amide bonds. The number of anilines is 1. The highest BCUT2D eigenvalue weighted by molar-refractivity contribution is 7.89. The lowest BCUT2D eigenvalue weighted by Crippen LogP contribution is -2.30. The predicted molar refractivity (Wildman–Crippen MR) is 110 cm³/mol. The van der Waals surface area contributed by atoms with Gasteiger partial charge in [0.2, 0.25) is 10.0 Å². The van der Waals surface area contributed by atoms with Crippen LogP contribution < -0.4 is 5.32 Å². The summed E-state index contributed by atoms with van der Waals surface area (Å²) in [5.74, 6) is -0.338. The van der Waals surface area contributed by atoms with Gasteiger partial charge in [-0.2, -0.15) is 4.31 Å². The number of carbonyl (C=O) groups is 1. The molecule has 0 unspecified atom stereocenters. The van der Waals surface area contributed by atoms with Gasteiger partial charge in [-0.3, -0.25) is 4.79 Å². The maximum atomic E-state index is 12.7. The molecule has 27 heavy (non-hydrogen) atoms. The van der Waals surface area contributed by atoms with Gasteiger partial charge in [0.05, 0.1) is 4.90 Å². The van der Waals surface area contributed by atoms with Crippen LogP contribution in [0, 0.1) is 0 Å². The standard InChI is InChI=1S/C21H28N2O3S/c1-6-23(7-2)27(25,26)19-10-8-9-16(15-19)20(24)22-18-13-11-17(12-14-18)21(3,4)5/h8-15H,6-7H2,1-5H3,(H,22,24). The summed E-state index contributed by atoms with van der Waals surface area (Å²) in [6.07, 6.45) is 0. The van der Waals surface area contributed by atoms with Crippen LogP contribution in [0.1, 0.15) is 50.5 Å². The van der Waals surface area contributed by atoms with E-state index in [1.807, 2.05) is 24.3 Å². The number of rotatable bonds is 6. The van der Waals surface area contributed by atoms with E-state index < -0.39 is 10.0 Å². The zero-order valence-corrected chi connectivity index (χ0v) is 17.4. The second-order valence-electron chi connectivity index (χ2n) is 7.40. The number of carbonyl (C=O) groups excluding carboxylic acids is 1. The maximum absolute atomic E-state index is 12.7. The third-order valence-corrected chi connectivity index (χ3v) is 6.49. The zero-order chi connectivity index (χ0) is 20.2. The number of hydrogen-bond acceptors (Lipinski definition) is 3. The Morgan fingerprint density at radius 3 is 2.11 bits per heavy atom. The average molecular weight is 389 g/mol. The lowest BCUT2D eigenvalue weighted by Gasteiger charge is -2.19. The topological polar surface area (TPSA) is 66.5 Å². The molecule has 6 heteroatoms. The van der Waals surface area contributed by atoms with E-state index in [1.165, 1.54) is 22.0 Å². The van der Waals surface area contributed by atoms with Crippen LogP contribution >= 0.6 is 0 Å². The van der Waals surface area contributed by atoms with Crippen molar-refractivity contribution in [1.29, 1.82) is 0 Å². The first-order chi connectivity index (χ1) is 12.6. The molecule has 2 rings (SSSR count). The van der Waals surface area contributed by atoms with Crippen LogP contribution in [0.5, 0.6) is 0 Å². The molecule has 0 spiro atoms. The highest BCUT2D eigenvalue weighted by Gasteiger charge is 2.22. The molecular formula is C21H28N2O3S. The Morgan fingerprint density at radius 1 is 1.00 bits per heavy atom. The lowest BCUT2D eigenvalue weighted by atomic mass is 9.87. The van der Waals surface area contributed by atoms with E-state index in [2.05, 4.69) is 26.1 Å². The fourth-order valence-electron chi connectivity index (χ4n) is 2.77. The summed E-state index contributed by atoms with van der Waals surface area (Å²) in [6, 6.07) is 13.8. The lowest BCUT2D eigenvalue weighted by molar-refractivity contribution is 0.102. The van der Waals surface area contributed by atoms with Gasteiger partial charge in [-0.1, -0.05) is 52.8 Å². The molecule has 0 aliphatic carbocycles. The third kappa shape index (κ3) is 4.96. The number of nitrogens with one attached hydrogen (secondary N) is 1. The normalized spacial score (nSPS) is 12.2. The molecule has 0 saturated carbocycles. The van der Waals surface area contributed by atoms with Gasteiger partial charge in [0.15, 0.2) is 0 Å². The average Bonchev–Trinajstić information content (AvgIpc) is 2.62. The molecule has 146 valence electrons. The van der Waals surface area contributed by atoms with Gasteiger partial charge in [0.1, 0.15) is 0 Å². The van der Waals surface area contributed by atoms with E-state index in [4.69, 9.17) is 0 Å².